The summed E-state index contributed by atoms with van der Waals surface area (Å²) < 4.78 is 29.2. The quantitative estimate of drug-likeness (QED) is 0.570. The molecular formula is C21H23ClN3O2S2+. The maximum absolute atomic E-state index is 12.8. The molecule has 2 aromatic carbocycles. The summed E-state index contributed by atoms with van der Waals surface area (Å²) in [6.07, 6.45) is 2.97. The molecule has 0 spiro atoms. The van der Waals surface area contributed by atoms with Gasteiger partial charge in [-0.25, -0.2) is 18.3 Å². The lowest BCUT2D eigenvalue weighted by atomic mass is 10.2. The van der Waals surface area contributed by atoms with Gasteiger partial charge < -0.3 is 0 Å². The third-order valence-corrected chi connectivity index (χ3v) is 8.25. The van der Waals surface area contributed by atoms with E-state index in [9.17, 15) is 8.42 Å². The number of hydrogen-bond acceptors (Lipinski definition) is 4. The van der Waals surface area contributed by atoms with Crippen molar-refractivity contribution in [3.05, 3.63) is 58.9 Å². The van der Waals surface area contributed by atoms with Crippen molar-refractivity contribution >= 4 is 43.8 Å². The summed E-state index contributed by atoms with van der Waals surface area (Å²) in [6.45, 7) is 1.22. The number of aromatic nitrogens is 1. The lowest BCUT2D eigenvalue weighted by Gasteiger charge is -2.25. The van der Waals surface area contributed by atoms with Crippen molar-refractivity contribution in [3.63, 3.8) is 0 Å². The Kier molecular flexibility index (Phi) is 5.92. The first kappa shape index (κ1) is 20.3. The van der Waals surface area contributed by atoms with Crippen LogP contribution in [0.5, 0.6) is 0 Å². The number of piperidine rings is 1. The SMILES string of the molecule is C[n+]1c(-c2ccc(Cl)cc2)csc1Nc1ccc(S(=O)(=O)N2CCCCC2)cc1. The summed E-state index contributed by atoms with van der Waals surface area (Å²) in [5, 5.41) is 7.14. The van der Waals surface area contributed by atoms with Crippen LogP contribution in [-0.2, 0) is 17.1 Å². The fourth-order valence-corrected chi connectivity index (χ4v) is 6.06. The molecule has 1 aliphatic heterocycles. The minimum Gasteiger partial charge on any atom is -0.231 e. The molecule has 3 aromatic rings. The molecule has 1 fully saturated rings. The van der Waals surface area contributed by atoms with E-state index in [2.05, 4.69) is 15.3 Å². The number of sulfonamides is 1. The number of hydrogen-bond donors (Lipinski definition) is 1. The first-order valence-electron chi connectivity index (χ1n) is 9.56. The number of thiazole rings is 1. The van der Waals surface area contributed by atoms with Crippen LogP contribution in [0.3, 0.4) is 0 Å². The smallest absolute Gasteiger partial charge is 0.231 e. The second-order valence-corrected chi connectivity index (χ2v) is 10.3. The molecule has 5 nitrogen and oxygen atoms in total. The largest absolute Gasteiger partial charge is 0.339 e. The van der Waals surface area contributed by atoms with Crippen LogP contribution in [0.4, 0.5) is 10.8 Å². The highest BCUT2D eigenvalue weighted by Gasteiger charge is 2.26. The molecule has 1 saturated heterocycles. The van der Waals surface area contributed by atoms with Gasteiger partial charge in [0.2, 0.25) is 10.0 Å². The maximum atomic E-state index is 12.8. The Morgan fingerprint density at radius 3 is 2.31 bits per heavy atom. The van der Waals surface area contributed by atoms with Gasteiger partial charge in [-0.1, -0.05) is 29.4 Å². The Morgan fingerprint density at radius 1 is 1.00 bits per heavy atom. The first-order chi connectivity index (χ1) is 13.9. The van der Waals surface area contributed by atoms with E-state index < -0.39 is 10.0 Å². The van der Waals surface area contributed by atoms with Crippen molar-refractivity contribution in [2.75, 3.05) is 18.4 Å². The molecule has 0 unspecified atom stereocenters. The molecule has 8 heteroatoms. The van der Waals surface area contributed by atoms with E-state index in [1.54, 1.807) is 27.8 Å². The lowest BCUT2D eigenvalue weighted by molar-refractivity contribution is -0.641. The molecular weight excluding hydrogens is 426 g/mol. The minimum absolute atomic E-state index is 0.349. The highest BCUT2D eigenvalue weighted by Crippen LogP contribution is 2.27. The van der Waals surface area contributed by atoms with Crippen molar-refractivity contribution < 1.29 is 13.0 Å². The van der Waals surface area contributed by atoms with Crippen molar-refractivity contribution in [2.45, 2.75) is 24.2 Å². The summed E-state index contributed by atoms with van der Waals surface area (Å²) in [5.74, 6) is 0. The van der Waals surface area contributed by atoms with E-state index in [-0.39, 0.29) is 0 Å². The normalized spacial score (nSPS) is 15.4. The van der Waals surface area contributed by atoms with E-state index in [0.717, 1.165) is 41.3 Å². The van der Waals surface area contributed by atoms with Crippen molar-refractivity contribution in [2.24, 2.45) is 7.05 Å². The van der Waals surface area contributed by atoms with Crippen molar-refractivity contribution in [1.82, 2.24) is 4.31 Å². The van der Waals surface area contributed by atoms with E-state index in [1.165, 1.54) is 0 Å². The molecule has 152 valence electrons. The van der Waals surface area contributed by atoms with Crippen LogP contribution in [0, 0.1) is 0 Å². The minimum atomic E-state index is -3.40. The number of nitrogens with zero attached hydrogens (tertiary/aromatic N) is 2. The summed E-state index contributed by atoms with van der Waals surface area (Å²) in [6, 6.07) is 14.7. The van der Waals surface area contributed by atoms with Crippen LogP contribution in [0.15, 0.2) is 58.8 Å². The van der Waals surface area contributed by atoms with E-state index in [4.69, 9.17) is 11.6 Å². The van der Waals surface area contributed by atoms with Crippen LogP contribution in [0.2, 0.25) is 5.02 Å². The number of benzene rings is 2. The van der Waals surface area contributed by atoms with Crippen molar-refractivity contribution in [1.29, 1.82) is 0 Å². The summed E-state index contributed by atoms with van der Waals surface area (Å²) in [7, 11) is -1.41. The van der Waals surface area contributed by atoms with Gasteiger partial charge in [0.25, 0.3) is 0 Å². The van der Waals surface area contributed by atoms with Gasteiger partial charge in [0.1, 0.15) is 11.4 Å². The molecule has 0 aliphatic carbocycles. The zero-order valence-electron chi connectivity index (χ0n) is 16.1. The molecule has 1 N–H and O–H groups in total. The topological polar surface area (TPSA) is 53.3 Å². The Labute approximate surface area is 180 Å². The molecule has 2 heterocycles. The molecule has 0 radical (unpaired) electrons. The Bertz CT molecular complexity index is 1090. The second-order valence-electron chi connectivity index (χ2n) is 7.11. The van der Waals surface area contributed by atoms with E-state index in [1.807, 2.05) is 43.4 Å². The van der Waals surface area contributed by atoms with Crippen LogP contribution >= 0.6 is 22.9 Å². The van der Waals surface area contributed by atoms with E-state index in [0.29, 0.717) is 23.0 Å². The average molecular weight is 449 g/mol. The van der Waals surface area contributed by atoms with Crippen LogP contribution in [0.1, 0.15) is 19.3 Å². The van der Waals surface area contributed by atoms with Crippen LogP contribution < -0.4 is 9.88 Å². The van der Waals surface area contributed by atoms with Gasteiger partial charge in [0, 0.05) is 29.1 Å². The number of anilines is 2. The van der Waals surface area contributed by atoms with Crippen LogP contribution in [0.25, 0.3) is 11.3 Å². The third-order valence-electron chi connectivity index (χ3n) is 5.15. The molecule has 0 atom stereocenters. The highest BCUT2D eigenvalue weighted by molar-refractivity contribution is 7.89. The lowest BCUT2D eigenvalue weighted by Crippen LogP contribution is -2.35. The highest BCUT2D eigenvalue weighted by atomic mass is 35.5. The summed E-state index contributed by atoms with van der Waals surface area (Å²) >= 11 is 7.58. The Balaban J connectivity index is 1.51. The zero-order valence-corrected chi connectivity index (χ0v) is 18.5. The van der Waals surface area contributed by atoms with Gasteiger partial charge in [-0.2, -0.15) is 4.31 Å². The first-order valence-corrected chi connectivity index (χ1v) is 12.3. The van der Waals surface area contributed by atoms with Gasteiger partial charge in [-0.3, -0.25) is 0 Å². The standard InChI is InChI=1S/C21H22ClN3O2S2/c1-24-20(16-5-7-17(22)8-6-16)15-28-21(24)23-18-9-11-19(12-10-18)29(26,27)25-13-3-2-4-14-25/h5-12,15H,2-4,13-14H2,1H3/p+1. The molecule has 4 rings (SSSR count). The molecule has 0 saturated carbocycles. The molecule has 1 aromatic heterocycles. The van der Waals surface area contributed by atoms with Gasteiger partial charge in [0.05, 0.1) is 11.9 Å². The predicted octanol–water partition coefficient (Wildman–Crippen LogP) is 4.81. The molecule has 0 amide bonds. The summed E-state index contributed by atoms with van der Waals surface area (Å²) in [4.78, 5) is 0.349. The third kappa shape index (κ3) is 4.33. The summed E-state index contributed by atoms with van der Waals surface area (Å²) in [5.41, 5.74) is 3.02. The van der Waals surface area contributed by atoms with E-state index >= 15 is 0 Å². The van der Waals surface area contributed by atoms with Gasteiger partial charge in [0.15, 0.2) is 0 Å². The predicted molar refractivity (Wildman–Crippen MR) is 118 cm³/mol. The van der Waals surface area contributed by atoms with Gasteiger partial charge in [-0.05, 0) is 61.4 Å². The van der Waals surface area contributed by atoms with Crippen molar-refractivity contribution in [3.8, 4) is 11.3 Å². The van der Waals surface area contributed by atoms with Gasteiger partial charge >= 0.3 is 5.13 Å². The molecule has 1 aliphatic rings. The monoisotopic (exact) mass is 448 g/mol. The molecule has 0 bridgehead atoms. The fraction of sp³-hybridized carbons (Fsp3) is 0.286. The maximum Gasteiger partial charge on any atom is 0.339 e. The Hall–Kier alpha value is -1.93. The van der Waals surface area contributed by atoms with Crippen LogP contribution in [-0.4, -0.2) is 25.8 Å². The number of rotatable bonds is 5. The zero-order chi connectivity index (χ0) is 20.4. The fourth-order valence-electron chi connectivity index (χ4n) is 3.46. The number of halogens is 1. The average Bonchev–Trinajstić information content (AvgIpc) is 3.10. The molecule has 29 heavy (non-hydrogen) atoms. The second kappa shape index (κ2) is 8.44. The number of nitrogens with one attached hydrogen (secondary N) is 1. The van der Waals surface area contributed by atoms with Gasteiger partial charge in [-0.15, -0.1) is 0 Å². The Morgan fingerprint density at radius 2 is 1.66 bits per heavy atom.